The predicted octanol–water partition coefficient (Wildman–Crippen LogP) is 6.07. The molecule has 1 rings (SSSR count). The van der Waals surface area contributed by atoms with Crippen molar-refractivity contribution in [3.05, 3.63) is 42.0 Å². The van der Waals surface area contributed by atoms with Crippen LogP contribution < -0.4 is 10.1 Å². The average molecular weight is 492 g/mol. The van der Waals surface area contributed by atoms with Gasteiger partial charge in [-0.05, 0) is 44.0 Å². The number of benzene rings is 1. The predicted molar refractivity (Wildman–Crippen MR) is 143 cm³/mol. The summed E-state index contributed by atoms with van der Waals surface area (Å²) in [4.78, 5) is 12.5. The highest BCUT2D eigenvalue weighted by Gasteiger charge is 2.15. The molecule has 0 radical (unpaired) electrons. The Bertz CT molecular complexity index is 662. The second-order valence-electron chi connectivity index (χ2n) is 9.13. The minimum absolute atomic E-state index is 0.214. The Kier molecular flexibility index (Phi) is 19.0. The van der Waals surface area contributed by atoms with Crippen molar-refractivity contribution in [2.75, 3.05) is 33.5 Å². The van der Waals surface area contributed by atoms with Crippen LogP contribution in [0.2, 0.25) is 0 Å². The number of unbranched alkanes of at least 4 members (excludes halogenated alkanes) is 10. The van der Waals surface area contributed by atoms with E-state index in [2.05, 4.69) is 12.2 Å². The summed E-state index contributed by atoms with van der Waals surface area (Å²) in [6, 6.07) is 6.59. The van der Waals surface area contributed by atoms with Crippen molar-refractivity contribution in [3.8, 4) is 5.75 Å². The van der Waals surface area contributed by atoms with Crippen molar-refractivity contribution in [2.24, 2.45) is 0 Å². The smallest absolute Gasteiger partial charge is 0.251 e. The summed E-state index contributed by atoms with van der Waals surface area (Å²) in [5.41, 5.74) is 0.530. The number of carbonyl (C=O) groups is 1. The molecule has 0 fully saturated rings. The van der Waals surface area contributed by atoms with Crippen LogP contribution in [0.4, 0.5) is 0 Å². The van der Waals surface area contributed by atoms with Crippen molar-refractivity contribution in [1.29, 1.82) is 0 Å². The summed E-state index contributed by atoms with van der Waals surface area (Å²) >= 11 is 0. The molecule has 1 amide bonds. The number of allylic oxidation sites excluding steroid dienone is 1. The second-order valence-corrected chi connectivity index (χ2v) is 9.13. The molecule has 1 aromatic rings. The number of ether oxygens (including phenoxy) is 3. The minimum atomic E-state index is -0.706. The van der Waals surface area contributed by atoms with E-state index in [1.165, 1.54) is 57.8 Å². The number of aliphatic hydroxyl groups excluding tert-OH is 1. The zero-order chi connectivity index (χ0) is 25.6. The molecule has 0 aliphatic heterocycles. The van der Waals surface area contributed by atoms with Crippen molar-refractivity contribution in [1.82, 2.24) is 5.32 Å². The fraction of sp³-hybridized carbons (Fsp3) is 0.690. The lowest BCUT2D eigenvalue weighted by atomic mass is 10.1. The van der Waals surface area contributed by atoms with Gasteiger partial charge in [0.2, 0.25) is 0 Å². The quantitative estimate of drug-likeness (QED) is 0.152. The number of methoxy groups -OCH3 is 1. The van der Waals surface area contributed by atoms with Gasteiger partial charge in [0.15, 0.2) is 0 Å². The molecule has 0 aliphatic carbocycles. The van der Waals surface area contributed by atoms with E-state index in [1.54, 1.807) is 37.5 Å². The number of carbonyl (C=O) groups excluding carboxylic acids is 1. The van der Waals surface area contributed by atoms with Gasteiger partial charge >= 0.3 is 0 Å². The molecular formula is C29H49NO5. The third-order valence-corrected chi connectivity index (χ3v) is 5.97. The van der Waals surface area contributed by atoms with Crippen LogP contribution in [-0.4, -0.2) is 56.7 Å². The normalized spacial score (nSPS) is 13.1. The van der Waals surface area contributed by atoms with E-state index in [9.17, 15) is 9.90 Å². The SMILES string of the molecule is CCCCCCCCCCCC/C=C/[C@@H](O)[C@@H](C)NC(=O)c1ccc(OCCOCCOC)cc1. The summed E-state index contributed by atoms with van der Waals surface area (Å²) < 4.78 is 15.9. The van der Waals surface area contributed by atoms with Crippen LogP contribution >= 0.6 is 0 Å². The molecule has 0 heterocycles. The van der Waals surface area contributed by atoms with Gasteiger partial charge in [0.25, 0.3) is 5.91 Å². The monoisotopic (exact) mass is 491 g/mol. The topological polar surface area (TPSA) is 77.0 Å². The molecule has 200 valence electrons. The lowest BCUT2D eigenvalue weighted by Gasteiger charge is -2.17. The summed E-state index contributed by atoms with van der Waals surface area (Å²) in [5, 5.41) is 13.2. The Morgan fingerprint density at radius 1 is 0.914 bits per heavy atom. The van der Waals surface area contributed by atoms with Gasteiger partial charge in [0.05, 0.1) is 32.0 Å². The van der Waals surface area contributed by atoms with Gasteiger partial charge in [-0.1, -0.05) is 76.9 Å². The Morgan fingerprint density at radius 3 is 2.14 bits per heavy atom. The summed E-state index contributed by atoms with van der Waals surface area (Å²) in [5.74, 6) is 0.467. The van der Waals surface area contributed by atoms with Crippen molar-refractivity contribution in [3.63, 3.8) is 0 Å². The van der Waals surface area contributed by atoms with Crippen LogP contribution in [0.15, 0.2) is 36.4 Å². The number of amides is 1. The molecule has 1 aromatic carbocycles. The first-order valence-corrected chi connectivity index (χ1v) is 13.5. The summed E-state index contributed by atoms with van der Waals surface area (Å²) in [6.07, 6.45) is 17.3. The van der Waals surface area contributed by atoms with E-state index < -0.39 is 6.10 Å². The van der Waals surface area contributed by atoms with Crippen LogP contribution in [0.1, 0.15) is 94.8 Å². The number of hydrogen-bond acceptors (Lipinski definition) is 5. The van der Waals surface area contributed by atoms with Gasteiger partial charge in [-0.2, -0.15) is 0 Å². The molecule has 2 atom stereocenters. The Hall–Kier alpha value is -1.89. The Morgan fingerprint density at radius 2 is 1.51 bits per heavy atom. The fourth-order valence-corrected chi connectivity index (χ4v) is 3.69. The van der Waals surface area contributed by atoms with Crippen LogP contribution in [0, 0.1) is 0 Å². The third kappa shape index (κ3) is 16.4. The van der Waals surface area contributed by atoms with E-state index >= 15 is 0 Å². The van der Waals surface area contributed by atoms with Crippen molar-refractivity contribution in [2.45, 2.75) is 96.6 Å². The molecule has 0 bridgehead atoms. The maximum absolute atomic E-state index is 12.5. The van der Waals surface area contributed by atoms with E-state index in [0.717, 1.165) is 12.8 Å². The first-order valence-electron chi connectivity index (χ1n) is 13.5. The Labute approximate surface area is 213 Å². The maximum Gasteiger partial charge on any atom is 0.251 e. The fourth-order valence-electron chi connectivity index (χ4n) is 3.69. The van der Waals surface area contributed by atoms with Gasteiger partial charge in [-0.3, -0.25) is 4.79 Å². The number of nitrogens with one attached hydrogen (secondary N) is 1. The molecule has 0 aliphatic rings. The van der Waals surface area contributed by atoms with E-state index in [-0.39, 0.29) is 11.9 Å². The van der Waals surface area contributed by atoms with E-state index in [4.69, 9.17) is 14.2 Å². The van der Waals surface area contributed by atoms with Crippen LogP contribution in [0.25, 0.3) is 0 Å². The molecule has 0 saturated carbocycles. The number of hydrogen-bond donors (Lipinski definition) is 2. The third-order valence-electron chi connectivity index (χ3n) is 5.97. The lowest BCUT2D eigenvalue weighted by molar-refractivity contribution is 0.0544. The van der Waals surface area contributed by atoms with Gasteiger partial charge in [0, 0.05) is 12.7 Å². The molecule has 0 unspecified atom stereocenters. The molecular weight excluding hydrogens is 442 g/mol. The highest BCUT2D eigenvalue weighted by molar-refractivity contribution is 5.94. The first-order chi connectivity index (χ1) is 17.1. The number of aliphatic hydroxyl groups is 1. The molecule has 6 nitrogen and oxygen atoms in total. The number of rotatable bonds is 22. The van der Waals surface area contributed by atoms with Gasteiger partial charge in [-0.15, -0.1) is 0 Å². The zero-order valence-electron chi connectivity index (χ0n) is 22.3. The summed E-state index contributed by atoms with van der Waals surface area (Å²) in [7, 11) is 1.63. The van der Waals surface area contributed by atoms with E-state index in [0.29, 0.717) is 37.7 Å². The molecule has 0 saturated heterocycles. The second kappa shape index (κ2) is 21.4. The highest BCUT2D eigenvalue weighted by atomic mass is 16.5. The van der Waals surface area contributed by atoms with Gasteiger partial charge in [0.1, 0.15) is 12.4 Å². The van der Waals surface area contributed by atoms with Gasteiger partial charge < -0.3 is 24.6 Å². The summed E-state index contributed by atoms with van der Waals surface area (Å²) in [6.45, 7) is 6.08. The molecule has 6 heteroatoms. The molecule has 0 spiro atoms. The molecule has 0 aromatic heterocycles. The molecule has 2 N–H and O–H groups in total. The molecule has 35 heavy (non-hydrogen) atoms. The van der Waals surface area contributed by atoms with Crippen LogP contribution in [-0.2, 0) is 9.47 Å². The maximum atomic E-state index is 12.5. The Balaban J connectivity index is 2.16. The first kappa shape index (κ1) is 31.1. The highest BCUT2D eigenvalue weighted by Crippen LogP contribution is 2.13. The average Bonchev–Trinajstić information content (AvgIpc) is 2.87. The van der Waals surface area contributed by atoms with E-state index in [1.807, 2.05) is 13.0 Å². The standard InChI is InChI=1S/C29H49NO5/c1-4-5-6-7-8-9-10-11-12-13-14-15-16-28(31)25(2)30-29(32)26-17-19-27(20-18-26)35-24-23-34-22-21-33-3/h15-20,25,28,31H,4-14,21-24H2,1-3H3,(H,30,32)/b16-15+/t25-,28-/m1/s1. The zero-order valence-corrected chi connectivity index (χ0v) is 22.3. The van der Waals surface area contributed by atoms with Crippen molar-refractivity contribution >= 4 is 5.91 Å². The van der Waals surface area contributed by atoms with Crippen molar-refractivity contribution < 1.29 is 24.1 Å². The van der Waals surface area contributed by atoms with Gasteiger partial charge in [-0.25, -0.2) is 0 Å². The largest absolute Gasteiger partial charge is 0.491 e. The lowest BCUT2D eigenvalue weighted by Crippen LogP contribution is -2.40. The van der Waals surface area contributed by atoms with Crippen LogP contribution in [0.5, 0.6) is 5.75 Å². The minimum Gasteiger partial charge on any atom is -0.491 e. The van der Waals surface area contributed by atoms with Crippen LogP contribution in [0.3, 0.4) is 0 Å².